The van der Waals surface area contributed by atoms with Crippen molar-refractivity contribution < 1.29 is 0 Å². The van der Waals surface area contributed by atoms with Gasteiger partial charge in [0, 0.05) is 0 Å². The third-order valence-corrected chi connectivity index (χ3v) is 20.2. The van der Waals surface area contributed by atoms with Crippen molar-refractivity contribution >= 4 is 24.3 Å². The van der Waals surface area contributed by atoms with E-state index in [0.29, 0.717) is 54.1 Å². The van der Waals surface area contributed by atoms with Crippen molar-refractivity contribution in [3.63, 3.8) is 0 Å². The van der Waals surface area contributed by atoms with Crippen LogP contribution in [0.5, 0.6) is 0 Å². The van der Waals surface area contributed by atoms with Crippen molar-refractivity contribution in [2.75, 3.05) is 0 Å². The maximum atomic E-state index is 4.43. The first-order chi connectivity index (χ1) is 26.2. The Balaban J connectivity index is 1.08. The van der Waals surface area contributed by atoms with Gasteiger partial charge in [0.05, 0.1) is 0 Å². The Bertz CT molecular complexity index is 1930. The lowest BCUT2D eigenvalue weighted by Crippen LogP contribution is -2.75. The average Bonchev–Trinajstić information content (AvgIpc) is 3.06. The quantitative estimate of drug-likeness (QED) is 0.252. The van der Waals surface area contributed by atoms with Gasteiger partial charge in [0.15, 0.2) is 0 Å². The van der Waals surface area contributed by atoms with Crippen molar-refractivity contribution in [1.82, 2.24) is 0 Å². The lowest BCUT2D eigenvalue weighted by Gasteiger charge is -2.83. The largest absolute Gasteiger partial charge is 0.0985 e. The molecular formula is C56H72. The molecule has 296 valence electrons. The van der Waals surface area contributed by atoms with Crippen LogP contribution in [0.15, 0.2) is 62.7 Å². The molecule has 2 aromatic rings. The average molecular weight is 745 g/mol. The highest BCUT2D eigenvalue weighted by Crippen LogP contribution is 2.90. The van der Waals surface area contributed by atoms with Gasteiger partial charge in [0.25, 0.3) is 0 Å². The van der Waals surface area contributed by atoms with Crippen LogP contribution in [-0.4, -0.2) is 0 Å². The van der Waals surface area contributed by atoms with Gasteiger partial charge in [-0.25, -0.2) is 0 Å². The zero-order valence-electron chi connectivity index (χ0n) is 36.3. The lowest BCUT2D eigenvalue weighted by molar-refractivity contribution is -0.328. The second-order valence-corrected chi connectivity index (χ2v) is 26.2. The van der Waals surface area contributed by atoms with E-state index in [9.17, 15) is 0 Å². The molecule has 12 fully saturated rings. The summed E-state index contributed by atoms with van der Waals surface area (Å²) in [6.45, 7) is 33.9. The van der Waals surface area contributed by atoms with Crippen LogP contribution in [0.2, 0.25) is 0 Å². The molecule has 0 heterocycles. The SMILES string of the molecule is C=Cc1ccc(C23CC4(C)CC(C)(C2)CC(C25CC6(C)CC(C)(C2)CC(C27CC8(C)CC(C)(CC(c9ccc(C=C)cc9C=C)(C8)C2)C7)(C6)C5)(C4)C3)c(C=C)c1. The van der Waals surface area contributed by atoms with E-state index in [2.05, 4.69) is 116 Å². The molecule has 14 rings (SSSR count). The van der Waals surface area contributed by atoms with Gasteiger partial charge in [-0.2, -0.15) is 0 Å². The third kappa shape index (κ3) is 4.55. The van der Waals surface area contributed by atoms with Crippen LogP contribution < -0.4 is 0 Å². The predicted octanol–water partition coefficient (Wildman–Crippen LogP) is 15.6. The molecule has 0 aromatic heterocycles. The summed E-state index contributed by atoms with van der Waals surface area (Å²) in [4.78, 5) is 0. The van der Waals surface area contributed by atoms with Crippen molar-refractivity contribution in [3.8, 4) is 0 Å². The van der Waals surface area contributed by atoms with Crippen LogP contribution in [0, 0.1) is 54.1 Å². The molecule has 4 unspecified atom stereocenters. The van der Waals surface area contributed by atoms with Crippen molar-refractivity contribution in [1.29, 1.82) is 0 Å². The third-order valence-electron chi connectivity index (χ3n) is 20.2. The molecule has 56 heavy (non-hydrogen) atoms. The number of benzene rings is 2. The van der Waals surface area contributed by atoms with Crippen LogP contribution in [0.25, 0.3) is 24.3 Å². The summed E-state index contributed by atoms with van der Waals surface area (Å²) in [6.07, 6.45) is 34.4. The number of hydrogen-bond acceptors (Lipinski definition) is 0. The summed E-state index contributed by atoms with van der Waals surface area (Å²) in [6, 6.07) is 14.6. The van der Waals surface area contributed by atoms with E-state index >= 15 is 0 Å². The Kier molecular flexibility index (Phi) is 6.77. The van der Waals surface area contributed by atoms with E-state index in [1.807, 2.05) is 12.2 Å². The summed E-state index contributed by atoms with van der Waals surface area (Å²) in [5, 5.41) is 0. The van der Waals surface area contributed by atoms with Gasteiger partial charge in [-0.3, -0.25) is 0 Å². The van der Waals surface area contributed by atoms with E-state index in [1.165, 1.54) is 138 Å². The molecule has 12 aliphatic carbocycles. The molecule has 0 radical (unpaired) electrons. The van der Waals surface area contributed by atoms with Crippen molar-refractivity contribution in [3.05, 3.63) is 96.1 Å². The molecule has 0 aliphatic heterocycles. The Morgan fingerprint density at radius 2 is 0.625 bits per heavy atom. The van der Waals surface area contributed by atoms with E-state index in [4.69, 9.17) is 0 Å². The molecule has 12 bridgehead atoms. The maximum Gasteiger partial charge on any atom is -0.00252 e. The van der Waals surface area contributed by atoms with Gasteiger partial charge in [-0.05, 0) is 226 Å². The van der Waals surface area contributed by atoms with Gasteiger partial charge in [-0.1, -0.05) is 116 Å². The summed E-state index contributed by atoms with van der Waals surface area (Å²) in [5.74, 6) is 0. The summed E-state index contributed by atoms with van der Waals surface area (Å²) in [7, 11) is 0. The Morgan fingerprint density at radius 3 is 0.911 bits per heavy atom. The van der Waals surface area contributed by atoms with E-state index < -0.39 is 0 Å². The van der Waals surface area contributed by atoms with Crippen LogP contribution in [0.4, 0.5) is 0 Å². The fourth-order valence-electron chi connectivity index (χ4n) is 22.6. The highest BCUT2D eigenvalue weighted by molar-refractivity contribution is 5.63. The van der Waals surface area contributed by atoms with Crippen molar-refractivity contribution in [2.45, 2.75) is 168 Å². The first-order valence-electron chi connectivity index (χ1n) is 23.0. The van der Waals surface area contributed by atoms with Crippen LogP contribution in [0.3, 0.4) is 0 Å². The molecule has 0 saturated heterocycles. The molecule has 4 atom stereocenters. The van der Waals surface area contributed by atoms with Gasteiger partial charge < -0.3 is 0 Å². The van der Waals surface area contributed by atoms with Crippen LogP contribution in [-0.2, 0) is 10.8 Å². The lowest BCUT2D eigenvalue weighted by atomic mass is 9.21. The summed E-state index contributed by atoms with van der Waals surface area (Å²) >= 11 is 0. The summed E-state index contributed by atoms with van der Waals surface area (Å²) in [5.41, 5.74) is 13.1. The Hall–Kier alpha value is -2.60. The molecule has 2 aromatic carbocycles. The monoisotopic (exact) mass is 745 g/mol. The van der Waals surface area contributed by atoms with Crippen LogP contribution in [0.1, 0.15) is 190 Å². The smallest absolute Gasteiger partial charge is 0.00252 e. The standard InChI is InChI=1S/C56H72/c1-11-39-15-17-43(41(13-3)19-39)51-24-45(5)21-46(6,25-51)29-53(28-45,36-51)55-32-49(9)23-50(10,33-55)35-56(34-49,38-55)54-30-47(7)22-48(8,31-54)27-52(26-47,37-54)44-18-16-40(12-2)20-42(44)14-4/h11-20H,1-4,21-38H2,5-10H3. The highest BCUT2D eigenvalue weighted by Gasteiger charge is 2.80. The highest BCUT2D eigenvalue weighted by atomic mass is 14.8. The molecule has 0 nitrogen and oxygen atoms in total. The van der Waals surface area contributed by atoms with Crippen LogP contribution >= 0.6 is 0 Å². The second kappa shape index (κ2) is 10.4. The Labute approximate surface area is 341 Å². The minimum absolute atomic E-state index is 0.240. The first kappa shape index (κ1) is 36.5. The fourth-order valence-corrected chi connectivity index (χ4v) is 22.6. The Morgan fingerprint density at radius 1 is 0.339 bits per heavy atom. The van der Waals surface area contributed by atoms with E-state index in [-0.39, 0.29) is 10.8 Å². The van der Waals surface area contributed by atoms with Gasteiger partial charge in [0.2, 0.25) is 0 Å². The molecular weight excluding hydrogens is 673 g/mol. The molecule has 0 spiro atoms. The molecule has 0 amide bonds. The van der Waals surface area contributed by atoms with E-state index in [1.54, 1.807) is 11.1 Å². The normalized spacial score (nSPS) is 52.7. The summed E-state index contributed by atoms with van der Waals surface area (Å²) < 4.78 is 0. The number of hydrogen-bond donors (Lipinski definition) is 0. The first-order valence-corrected chi connectivity index (χ1v) is 23.0. The molecule has 12 saturated carbocycles. The molecule has 0 heteroatoms. The molecule has 0 N–H and O–H groups in total. The van der Waals surface area contributed by atoms with Crippen molar-refractivity contribution in [2.24, 2.45) is 54.1 Å². The molecule has 12 aliphatic rings. The minimum Gasteiger partial charge on any atom is -0.0985 e. The second-order valence-electron chi connectivity index (χ2n) is 26.2. The van der Waals surface area contributed by atoms with Gasteiger partial charge in [-0.15, -0.1) is 0 Å². The number of rotatable bonds is 8. The van der Waals surface area contributed by atoms with E-state index in [0.717, 1.165) is 0 Å². The van der Waals surface area contributed by atoms with Gasteiger partial charge >= 0.3 is 0 Å². The topological polar surface area (TPSA) is 0 Å². The zero-order valence-corrected chi connectivity index (χ0v) is 36.3. The zero-order chi connectivity index (χ0) is 39.3. The fraction of sp³-hybridized carbons (Fsp3) is 0.643. The van der Waals surface area contributed by atoms with Gasteiger partial charge in [0.1, 0.15) is 0 Å². The predicted molar refractivity (Wildman–Crippen MR) is 238 cm³/mol. The minimum atomic E-state index is 0.240. The maximum absolute atomic E-state index is 4.43.